The van der Waals surface area contributed by atoms with Gasteiger partial charge in [0, 0.05) is 5.69 Å². The van der Waals surface area contributed by atoms with E-state index in [0.29, 0.717) is 5.52 Å². The van der Waals surface area contributed by atoms with Gasteiger partial charge in [-0.25, -0.2) is 9.78 Å². The molecule has 0 amide bonds. The molecule has 106 valence electrons. The number of rotatable bonds is 3. The van der Waals surface area contributed by atoms with Crippen molar-refractivity contribution in [2.24, 2.45) is 0 Å². The van der Waals surface area contributed by atoms with Crippen LogP contribution < -0.4 is 4.74 Å². The van der Waals surface area contributed by atoms with Crippen LogP contribution in [0.4, 0.5) is 0 Å². The second-order valence-corrected chi connectivity index (χ2v) is 4.78. The third-order valence-corrected chi connectivity index (χ3v) is 3.45. The molecule has 0 fully saturated rings. The van der Waals surface area contributed by atoms with Crippen molar-refractivity contribution in [1.82, 2.24) is 9.55 Å². The van der Waals surface area contributed by atoms with E-state index in [2.05, 4.69) is 4.98 Å². The van der Waals surface area contributed by atoms with E-state index in [1.54, 1.807) is 31.6 Å². The molecule has 0 aliphatic carbocycles. The quantitative estimate of drug-likeness (QED) is 0.802. The molecule has 21 heavy (non-hydrogen) atoms. The van der Waals surface area contributed by atoms with E-state index >= 15 is 0 Å². The fourth-order valence-electron chi connectivity index (χ4n) is 2.36. The van der Waals surface area contributed by atoms with Crippen molar-refractivity contribution in [3.8, 4) is 11.4 Å². The summed E-state index contributed by atoms with van der Waals surface area (Å²) in [6.45, 7) is 1.98. The number of carboxylic acids is 1. The van der Waals surface area contributed by atoms with Gasteiger partial charge in [-0.05, 0) is 48.9 Å². The summed E-state index contributed by atoms with van der Waals surface area (Å²) in [7, 11) is 1.64. The lowest BCUT2D eigenvalue weighted by Crippen LogP contribution is -1.97. The Balaban J connectivity index is 2.13. The van der Waals surface area contributed by atoms with Crippen LogP contribution >= 0.6 is 0 Å². The van der Waals surface area contributed by atoms with E-state index in [9.17, 15) is 4.79 Å². The molecule has 0 aliphatic heterocycles. The first-order valence-corrected chi connectivity index (χ1v) is 6.45. The van der Waals surface area contributed by atoms with Crippen molar-refractivity contribution in [3.05, 3.63) is 53.9 Å². The van der Waals surface area contributed by atoms with Crippen LogP contribution in [0.2, 0.25) is 0 Å². The van der Waals surface area contributed by atoms with E-state index < -0.39 is 5.97 Å². The predicted molar refractivity (Wildman–Crippen MR) is 79.3 cm³/mol. The minimum atomic E-state index is -0.952. The molecule has 0 radical (unpaired) electrons. The Morgan fingerprint density at radius 1 is 1.24 bits per heavy atom. The average Bonchev–Trinajstić information content (AvgIpc) is 2.90. The maximum atomic E-state index is 11.0. The molecule has 2 aromatic carbocycles. The molecule has 0 spiro atoms. The first-order chi connectivity index (χ1) is 10.1. The number of nitrogens with zero attached hydrogens (tertiary/aromatic N) is 2. The smallest absolute Gasteiger partial charge is 0.335 e. The monoisotopic (exact) mass is 282 g/mol. The molecule has 0 bridgehead atoms. The minimum absolute atomic E-state index is 0.235. The number of aryl methyl sites for hydroxylation is 1. The summed E-state index contributed by atoms with van der Waals surface area (Å²) < 4.78 is 7.18. The van der Waals surface area contributed by atoms with Gasteiger partial charge in [0.15, 0.2) is 0 Å². The Morgan fingerprint density at radius 2 is 2.05 bits per heavy atom. The van der Waals surface area contributed by atoms with Crippen LogP contribution in [0.3, 0.4) is 0 Å². The number of fused-ring (bicyclic) bond motifs is 1. The number of methoxy groups -OCH3 is 1. The molecule has 3 rings (SSSR count). The first kappa shape index (κ1) is 13.2. The number of carbonyl (C=O) groups is 1. The fraction of sp³-hybridized carbons (Fsp3) is 0.125. The van der Waals surface area contributed by atoms with Crippen molar-refractivity contribution in [2.75, 3.05) is 7.11 Å². The third-order valence-electron chi connectivity index (χ3n) is 3.45. The molecule has 1 heterocycles. The fourth-order valence-corrected chi connectivity index (χ4v) is 2.36. The van der Waals surface area contributed by atoms with Crippen LogP contribution in [-0.4, -0.2) is 27.7 Å². The van der Waals surface area contributed by atoms with E-state index in [1.807, 2.05) is 29.7 Å². The van der Waals surface area contributed by atoms with Crippen molar-refractivity contribution >= 4 is 17.0 Å². The van der Waals surface area contributed by atoms with Crippen molar-refractivity contribution in [1.29, 1.82) is 0 Å². The number of aromatic carboxylic acids is 1. The van der Waals surface area contributed by atoms with Gasteiger partial charge in [-0.2, -0.15) is 0 Å². The number of ether oxygens (including phenoxy) is 1. The summed E-state index contributed by atoms with van der Waals surface area (Å²) in [6, 6.07) is 10.8. The summed E-state index contributed by atoms with van der Waals surface area (Å²) >= 11 is 0. The zero-order chi connectivity index (χ0) is 15.0. The number of imidazole rings is 1. The molecule has 1 N–H and O–H groups in total. The molecule has 0 unspecified atom stereocenters. The summed E-state index contributed by atoms with van der Waals surface area (Å²) in [5.41, 5.74) is 3.74. The third kappa shape index (κ3) is 2.23. The highest BCUT2D eigenvalue weighted by atomic mass is 16.5. The topological polar surface area (TPSA) is 64.4 Å². The van der Waals surface area contributed by atoms with Crippen LogP contribution in [0.5, 0.6) is 5.75 Å². The second-order valence-electron chi connectivity index (χ2n) is 4.78. The summed E-state index contributed by atoms with van der Waals surface area (Å²) in [5.74, 6) is -0.122. The van der Waals surface area contributed by atoms with Gasteiger partial charge in [0.1, 0.15) is 12.1 Å². The Bertz CT molecular complexity index is 837. The maximum Gasteiger partial charge on any atom is 0.335 e. The van der Waals surface area contributed by atoms with E-state index in [0.717, 1.165) is 22.5 Å². The Morgan fingerprint density at radius 3 is 2.71 bits per heavy atom. The van der Waals surface area contributed by atoms with Crippen LogP contribution in [-0.2, 0) is 0 Å². The summed E-state index contributed by atoms with van der Waals surface area (Å²) in [5, 5.41) is 9.01. The van der Waals surface area contributed by atoms with Crippen molar-refractivity contribution < 1.29 is 14.6 Å². The summed E-state index contributed by atoms with van der Waals surface area (Å²) in [6.07, 6.45) is 1.69. The second kappa shape index (κ2) is 4.94. The van der Waals surface area contributed by atoms with Gasteiger partial charge in [0.2, 0.25) is 0 Å². The van der Waals surface area contributed by atoms with Gasteiger partial charge in [-0.1, -0.05) is 0 Å². The molecule has 1 aromatic heterocycles. The Kier molecular flexibility index (Phi) is 3.10. The van der Waals surface area contributed by atoms with Gasteiger partial charge in [0.25, 0.3) is 0 Å². The van der Waals surface area contributed by atoms with E-state index in [1.165, 1.54) is 0 Å². The number of hydrogen-bond acceptors (Lipinski definition) is 3. The molecular weight excluding hydrogens is 268 g/mol. The number of carboxylic acid groups (broad SMARTS) is 1. The van der Waals surface area contributed by atoms with Gasteiger partial charge in [-0.3, -0.25) is 4.57 Å². The van der Waals surface area contributed by atoms with Crippen LogP contribution in [0.1, 0.15) is 15.9 Å². The molecule has 0 saturated carbocycles. The number of aromatic nitrogens is 2. The van der Waals surface area contributed by atoms with Crippen LogP contribution in [0.25, 0.3) is 16.7 Å². The van der Waals surface area contributed by atoms with Gasteiger partial charge >= 0.3 is 5.97 Å². The molecule has 0 atom stereocenters. The normalized spacial score (nSPS) is 10.8. The molecule has 5 nitrogen and oxygen atoms in total. The SMILES string of the molecule is COc1ccc(-n2cnc3cc(C(=O)O)ccc32)cc1C. The Labute approximate surface area is 121 Å². The largest absolute Gasteiger partial charge is 0.496 e. The molecule has 3 aromatic rings. The molecular formula is C16H14N2O3. The zero-order valence-corrected chi connectivity index (χ0v) is 11.7. The predicted octanol–water partition coefficient (Wildman–Crippen LogP) is 3.04. The highest BCUT2D eigenvalue weighted by Gasteiger charge is 2.09. The molecule has 0 saturated heterocycles. The standard InChI is InChI=1S/C16H14N2O3/c1-10-7-12(4-6-15(10)21-2)18-9-17-13-8-11(16(19)20)3-5-14(13)18/h3-9H,1-2H3,(H,19,20). The van der Waals surface area contributed by atoms with Crippen molar-refractivity contribution in [2.45, 2.75) is 6.92 Å². The van der Waals surface area contributed by atoms with Gasteiger partial charge in [-0.15, -0.1) is 0 Å². The first-order valence-electron chi connectivity index (χ1n) is 6.45. The average molecular weight is 282 g/mol. The number of hydrogen-bond donors (Lipinski definition) is 1. The molecule has 5 heteroatoms. The minimum Gasteiger partial charge on any atom is -0.496 e. The van der Waals surface area contributed by atoms with E-state index in [4.69, 9.17) is 9.84 Å². The molecule has 0 aliphatic rings. The number of benzene rings is 2. The van der Waals surface area contributed by atoms with Crippen molar-refractivity contribution in [3.63, 3.8) is 0 Å². The van der Waals surface area contributed by atoms with Crippen LogP contribution in [0, 0.1) is 6.92 Å². The lowest BCUT2D eigenvalue weighted by atomic mass is 10.1. The zero-order valence-electron chi connectivity index (χ0n) is 11.7. The Hall–Kier alpha value is -2.82. The van der Waals surface area contributed by atoms with Gasteiger partial charge < -0.3 is 9.84 Å². The lowest BCUT2D eigenvalue weighted by molar-refractivity contribution is 0.0697. The van der Waals surface area contributed by atoms with E-state index in [-0.39, 0.29) is 5.56 Å². The lowest BCUT2D eigenvalue weighted by Gasteiger charge is -2.09. The van der Waals surface area contributed by atoms with Gasteiger partial charge in [0.05, 0.1) is 23.7 Å². The highest BCUT2D eigenvalue weighted by Crippen LogP contribution is 2.24. The highest BCUT2D eigenvalue weighted by molar-refractivity contribution is 5.92. The van der Waals surface area contributed by atoms with Crippen LogP contribution in [0.15, 0.2) is 42.7 Å². The summed E-state index contributed by atoms with van der Waals surface area (Å²) in [4.78, 5) is 15.3. The maximum absolute atomic E-state index is 11.0.